The summed E-state index contributed by atoms with van der Waals surface area (Å²) in [5.74, 6) is 0. The standard InChI is InChI=1S/C15H11ClN2S/c16-12-6-8-13(9-7-12)18-10-14(17-15(18)19)11-4-2-1-3-5-11/h1-10H,(H,17,19). The van der Waals surface area contributed by atoms with E-state index in [-0.39, 0.29) is 0 Å². The van der Waals surface area contributed by atoms with E-state index in [1.807, 2.05) is 65.4 Å². The first-order chi connectivity index (χ1) is 9.24. The van der Waals surface area contributed by atoms with E-state index in [2.05, 4.69) is 17.6 Å². The van der Waals surface area contributed by atoms with Gasteiger partial charge >= 0.3 is 0 Å². The summed E-state index contributed by atoms with van der Waals surface area (Å²) in [5.41, 5.74) is 2.97. The van der Waals surface area contributed by atoms with E-state index < -0.39 is 0 Å². The van der Waals surface area contributed by atoms with E-state index in [1.165, 1.54) is 0 Å². The highest BCUT2D eigenvalue weighted by Gasteiger charge is 2.08. The van der Waals surface area contributed by atoms with Crippen molar-refractivity contribution in [2.24, 2.45) is 0 Å². The minimum atomic E-state index is 0.654. The lowest BCUT2D eigenvalue weighted by atomic mass is 10.2. The summed E-state index contributed by atoms with van der Waals surface area (Å²) in [6, 6.07) is 17.6. The van der Waals surface area contributed by atoms with E-state index in [0.717, 1.165) is 16.9 Å². The van der Waals surface area contributed by atoms with Crippen LogP contribution in [0.25, 0.3) is 16.9 Å². The quantitative estimate of drug-likeness (QED) is 0.688. The van der Waals surface area contributed by atoms with Gasteiger partial charge in [-0.1, -0.05) is 41.9 Å². The predicted molar refractivity (Wildman–Crippen MR) is 81.3 cm³/mol. The smallest absolute Gasteiger partial charge is 0.170 e. The zero-order valence-corrected chi connectivity index (χ0v) is 11.6. The molecule has 0 saturated heterocycles. The molecule has 0 aliphatic rings. The summed E-state index contributed by atoms with van der Waals surface area (Å²) in [5, 5.41) is 1.37. The van der Waals surface area contributed by atoms with Gasteiger partial charge in [-0.25, -0.2) is 4.98 Å². The van der Waals surface area contributed by atoms with Crippen LogP contribution in [0.3, 0.4) is 0 Å². The van der Waals surface area contributed by atoms with Crippen LogP contribution in [0, 0.1) is 0 Å². The summed E-state index contributed by atoms with van der Waals surface area (Å²) in [7, 11) is 0. The summed E-state index contributed by atoms with van der Waals surface area (Å²) >= 11 is 10.3. The van der Waals surface area contributed by atoms with Gasteiger partial charge in [0, 0.05) is 22.5 Å². The molecular weight excluding hydrogens is 276 g/mol. The fourth-order valence-corrected chi connectivity index (χ4v) is 2.32. The maximum atomic E-state index is 5.90. The third kappa shape index (κ3) is 2.53. The Kier molecular flexibility index (Phi) is 3.32. The highest BCUT2D eigenvalue weighted by atomic mass is 35.5. The molecule has 19 heavy (non-hydrogen) atoms. The number of thiol groups is 1. The molecule has 2 aromatic carbocycles. The van der Waals surface area contributed by atoms with Gasteiger partial charge in [-0.15, -0.1) is 12.6 Å². The van der Waals surface area contributed by atoms with Gasteiger partial charge < -0.3 is 0 Å². The molecule has 0 saturated carbocycles. The number of rotatable bonds is 2. The van der Waals surface area contributed by atoms with Crippen molar-refractivity contribution in [2.45, 2.75) is 5.16 Å². The van der Waals surface area contributed by atoms with Crippen LogP contribution in [0.1, 0.15) is 0 Å². The van der Waals surface area contributed by atoms with Gasteiger partial charge in [0.1, 0.15) is 0 Å². The van der Waals surface area contributed by atoms with Crippen molar-refractivity contribution in [3.63, 3.8) is 0 Å². The highest BCUT2D eigenvalue weighted by molar-refractivity contribution is 7.80. The largest absolute Gasteiger partial charge is 0.294 e. The molecule has 1 aromatic heterocycles. The van der Waals surface area contributed by atoms with Crippen molar-refractivity contribution >= 4 is 24.2 Å². The molecule has 0 spiro atoms. The van der Waals surface area contributed by atoms with Gasteiger partial charge in [0.2, 0.25) is 0 Å². The Morgan fingerprint density at radius 1 is 0.947 bits per heavy atom. The Balaban J connectivity index is 2.05. The maximum absolute atomic E-state index is 5.90. The van der Waals surface area contributed by atoms with Gasteiger partial charge in [-0.05, 0) is 24.3 Å². The number of benzene rings is 2. The van der Waals surface area contributed by atoms with Gasteiger partial charge in [0.05, 0.1) is 5.69 Å². The molecule has 4 heteroatoms. The van der Waals surface area contributed by atoms with Crippen LogP contribution in [-0.2, 0) is 0 Å². The van der Waals surface area contributed by atoms with E-state index in [9.17, 15) is 0 Å². The number of hydrogen-bond acceptors (Lipinski definition) is 2. The second-order valence-corrected chi connectivity index (χ2v) is 4.98. The topological polar surface area (TPSA) is 17.8 Å². The van der Waals surface area contributed by atoms with Crippen LogP contribution in [0.2, 0.25) is 5.02 Å². The lowest BCUT2D eigenvalue weighted by Crippen LogP contribution is -1.91. The van der Waals surface area contributed by atoms with Crippen molar-refractivity contribution in [3.8, 4) is 16.9 Å². The van der Waals surface area contributed by atoms with Gasteiger partial charge in [-0.3, -0.25) is 4.57 Å². The minimum Gasteiger partial charge on any atom is -0.294 e. The molecule has 3 aromatic rings. The molecule has 0 radical (unpaired) electrons. The van der Waals surface area contributed by atoms with E-state index in [4.69, 9.17) is 11.6 Å². The third-order valence-electron chi connectivity index (χ3n) is 2.86. The Labute approximate surface area is 122 Å². The Morgan fingerprint density at radius 2 is 1.63 bits per heavy atom. The van der Waals surface area contributed by atoms with Crippen LogP contribution < -0.4 is 0 Å². The number of halogens is 1. The summed E-state index contributed by atoms with van der Waals surface area (Å²) in [4.78, 5) is 4.47. The van der Waals surface area contributed by atoms with Crippen molar-refractivity contribution in [2.75, 3.05) is 0 Å². The first-order valence-corrected chi connectivity index (χ1v) is 6.66. The van der Waals surface area contributed by atoms with Crippen molar-refractivity contribution < 1.29 is 0 Å². The molecule has 0 N–H and O–H groups in total. The van der Waals surface area contributed by atoms with E-state index >= 15 is 0 Å². The Morgan fingerprint density at radius 3 is 2.32 bits per heavy atom. The third-order valence-corrected chi connectivity index (χ3v) is 3.43. The normalized spacial score (nSPS) is 10.6. The van der Waals surface area contributed by atoms with Gasteiger partial charge in [0.15, 0.2) is 5.16 Å². The lowest BCUT2D eigenvalue weighted by Gasteiger charge is -2.03. The molecule has 0 atom stereocenters. The average molecular weight is 287 g/mol. The molecule has 0 amide bonds. The average Bonchev–Trinajstić information content (AvgIpc) is 2.83. The summed E-state index contributed by atoms with van der Waals surface area (Å²) in [6.07, 6.45) is 1.97. The van der Waals surface area contributed by atoms with Crippen LogP contribution in [0.5, 0.6) is 0 Å². The van der Waals surface area contributed by atoms with Gasteiger partial charge in [-0.2, -0.15) is 0 Å². The molecular formula is C15H11ClN2S. The Hall–Kier alpha value is -1.71. The van der Waals surface area contributed by atoms with Crippen LogP contribution in [0.15, 0.2) is 66.0 Å². The van der Waals surface area contributed by atoms with Crippen LogP contribution in [-0.4, -0.2) is 9.55 Å². The highest BCUT2D eigenvalue weighted by Crippen LogP contribution is 2.23. The van der Waals surface area contributed by atoms with E-state index in [0.29, 0.717) is 10.2 Å². The SMILES string of the molecule is Sc1nc(-c2ccccc2)cn1-c1ccc(Cl)cc1. The number of aromatic nitrogens is 2. The molecule has 0 unspecified atom stereocenters. The van der Waals surface area contributed by atoms with Crippen LogP contribution >= 0.6 is 24.2 Å². The molecule has 3 rings (SSSR count). The minimum absolute atomic E-state index is 0.654. The number of nitrogens with zero attached hydrogens (tertiary/aromatic N) is 2. The fraction of sp³-hybridized carbons (Fsp3) is 0. The maximum Gasteiger partial charge on any atom is 0.170 e. The van der Waals surface area contributed by atoms with Gasteiger partial charge in [0.25, 0.3) is 0 Å². The zero-order chi connectivity index (χ0) is 13.2. The number of hydrogen-bond donors (Lipinski definition) is 1. The second-order valence-electron chi connectivity index (χ2n) is 4.14. The van der Waals surface area contributed by atoms with Crippen molar-refractivity contribution in [1.82, 2.24) is 9.55 Å². The molecule has 0 bridgehead atoms. The fourth-order valence-electron chi connectivity index (χ4n) is 1.91. The summed E-state index contributed by atoms with van der Waals surface area (Å²) < 4.78 is 1.93. The molecule has 2 nitrogen and oxygen atoms in total. The van der Waals surface area contributed by atoms with Crippen LogP contribution in [0.4, 0.5) is 0 Å². The zero-order valence-electron chi connectivity index (χ0n) is 9.99. The molecule has 0 aliphatic heterocycles. The Bertz CT molecular complexity index is 690. The first kappa shape index (κ1) is 12.3. The second kappa shape index (κ2) is 5.11. The first-order valence-electron chi connectivity index (χ1n) is 5.84. The van der Waals surface area contributed by atoms with Crippen molar-refractivity contribution in [1.29, 1.82) is 0 Å². The number of imidazole rings is 1. The van der Waals surface area contributed by atoms with Crippen molar-refractivity contribution in [3.05, 3.63) is 65.8 Å². The molecule has 94 valence electrons. The van der Waals surface area contributed by atoms with E-state index in [1.54, 1.807) is 0 Å². The monoisotopic (exact) mass is 286 g/mol. The predicted octanol–water partition coefficient (Wildman–Crippen LogP) is 4.48. The molecule has 1 heterocycles. The summed E-state index contributed by atoms with van der Waals surface area (Å²) in [6.45, 7) is 0. The lowest BCUT2D eigenvalue weighted by molar-refractivity contribution is 0.902. The molecule has 0 aliphatic carbocycles. The molecule has 0 fully saturated rings.